The normalized spacial score (nSPS) is 12.0. The van der Waals surface area contributed by atoms with E-state index in [2.05, 4.69) is 10.4 Å². The van der Waals surface area contributed by atoms with Crippen LogP contribution in [0.3, 0.4) is 0 Å². The van der Waals surface area contributed by atoms with Gasteiger partial charge in [-0.2, -0.15) is 5.10 Å². The molecule has 2 N–H and O–H groups in total. The fourth-order valence-electron chi connectivity index (χ4n) is 2.35. The zero-order valence-corrected chi connectivity index (χ0v) is 12.9. The summed E-state index contributed by atoms with van der Waals surface area (Å²) in [6.45, 7) is 4.67. The predicted molar refractivity (Wildman–Crippen MR) is 84.8 cm³/mol. The molecule has 0 bridgehead atoms. The third-order valence-corrected chi connectivity index (χ3v) is 3.53. The Morgan fingerprint density at radius 1 is 1.41 bits per heavy atom. The van der Waals surface area contributed by atoms with Crippen molar-refractivity contribution in [1.82, 2.24) is 20.0 Å². The maximum absolute atomic E-state index is 12.2. The highest BCUT2D eigenvalue weighted by molar-refractivity contribution is 5.74. The van der Waals surface area contributed by atoms with E-state index in [4.69, 9.17) is 5.11 Å². The van der Waals surface area contributed by atoms with Crippen LogP contribution in [0, 0.1) is 0 Å². The van der Waals surface area contributed by atoms with Crippen LogP contribution in [-0.2, 0) is 0 Å². The number of aromatic nitrogens is 2. The van der Waals surface area contributed by atoms with Crippen LogP contribution >= 0.6 is 0 Å². The molecular weight excluding hydrogens is 280 g/mol. The number of nitrogens with one attached hydrogen (secondary N) is 1. The van der Waals surface area contributed by atoms with Crippen molar-refractivity contribution >= 4 is 6.03 Å². The van der Waals surface area contributed by atoms with E-state index in [-0.39, 0.29) is 18.7 Å². The zero-order valence-electron chi connectivity index (χ0n) is 12.9. The Kier molecular flexibility index (Phi) is 5.55. The van der Waals surface area contributed by atoms with Gasteiger partial charge in [0.1, 0.15) is 0 Å². The number of benzene rings is 1. The lowest BCUT2D eigenvalue weighted by Gasteiger charge is -2.24. The van der Waals surface area contributed by atoms with Gasteiger partial charge in [-0.1, -0.05) is 18.2 Å². The molecule has 0 saturated heterocycles. The first-order valence-corrected chi connectivity index (χ1v) is 7.42. The van der Waals surface area contributed by atoms with Gasteiger partial charge >= 0.3 is 6.03 Å². The molecule has 0 aliphatic rings. The van der Waals surface area contributed by atoms with E-state index in [1.165, 1.54) is 0 Å². The van der Waals surface area contributed by atoms with E-state index in [0.29, 0.717) is 13.1 Å². The number of carbonyl (C=O) groups excluding carboxylic acids is 1. The highest BCUT2D eigenvalue weighted by atomic mass is 16.3. The summed E-state index contributed by atoms with van der Waals surface area (Å²) in [7, 11) is 0. The molecule has 22 heavy (non-hydrogen) atoms. The Bertz CT molecular complexity index is 598. The van der Waals surface area contributed by atoms with Crippen LogP contribution in [0.25, 0.3) is 5.69 Å². The summed E-state index contributed by atoms with van der Waals surface area (Å²) >= 11 is 0. The molecule has 118 valence electrons. The Morgan fingerprint density at radius 2 is 2.18 bits per heavy atom. The van der Waals surface area contributed by atoms with Crippen molar-refractivity contribution in [3.8, 4) is 5.69 Å². The fraction of sp³-hybridized carbons (Fsp3) is 0.375. The third kappa shape index (κ3) is 3.65. The van der Waals surface area contributed by atoms with E-state index >= 15 is 0 Å². The standard InChI is InChI=1S/C16H22N4O2/c1-3-19(11-12-21)16(22)18-13(2)14-7-4-5-8-15(14)20-10-6-9-17-20/h4-10,13,21H,3,11-12H2,1-2H3,(H,18,22). The number of hydrogen-bond acceptors (Lipinski definition) is 3. The number of hydrogen-bond donors (Lipinski definition) is 2. The largest absolute Gasteiger partial charge is 0.395 e. The summed E-state index contributed by atoms with van der Waals surface area (Å²) in [5.41, 5.74) is 1.92. The van der Waals surface area contributed by atoms with Crippen molar-refractivity contribution < 1.29 is 9.90 Å². The minimum atomic E-state index is -0.181. The van der Waals surface area contributed by atoms with Gasteiger partial charge in [-0.15, -0.1) is 0 Å². The number of amides is 2. The summed E-state index contributed by atoms with van der Waals surface area (Å²) < 4.78 is 1.78. The molecule has 1 atom stereocenters. The fourth-order valence-corrected chi connectivity index (χ4v) is 2.35. The van der Waals surface area contributed by atoms with Gasteiger partial charge < -0.3 is 15.3 Å². The minimum absolute atomic E-state index is 0.0421. The molecular formula is C16H22N4O2. The average Bonchev–Trinajstić information content (AvgIpc) is 3.06. The summed E-state index contributed by atoms with van der Waals surface area (Å²) in [6.07, 6.45) is 3.59. The lowest BCUT2D eigenvalue weighted by Crippen LogP contribution is -2.42. The van der Waals surface area contributed by atoms with Gasteiger partial charge in [0.05, 0.1) is 18.3 Å². The van der Waals surface area contributed by atoms with E-state index < -0.39 is 0 Å². The summed E-state index contributed by atoms with van der Waals surface area (Å²) in [5.74, 6) is 0. The SMILES string of the molecule is CCN(CCO)C(=O)NC(C)c1ccccc1-n1cccn1. The summed E-state index contributed by atoms with van der Waals surface area (Å²) in [4.78, 5) is 13.8. The topological polar surface area (TPSA) is 70.4 Å². The van der Waals surface area contributed by atoms with E-state index in [1.807, 2.05) is 50.4 Å². The van der Waals surface area contributed by atoms with Crippen molar-refractivity contribution in [3.05, 3.63) is 48.3 Å². The van der Waals surface area contributed by atoms with E-state index in [1.54, 1.807) is 15.8 Å². The quantitative estimate of drug-likeness (QED) is 0.857. The molecule has 2 aromatic rings. The van der Waals surface area contributed by atoms with Gasteiger partial charge in [0.15, 0.2) is 0 Å². The molecule has 1 aromatic carbocycles. The average molecular weight is 302 g/mol. The van der Waals surface area contributed by atoms with Gasteiger partial charge in [0.2, 0.25) is 0 Å². The molecule has 0 saturated carbocycles. The molecule has 1 aromatic heterocycles. The van der Waals surface area contributed by atoms with Crippen LogP contribution in [0.2, 0.25) is 0 Å². The van der Waals surface area contributed by atoms with Crippen LogP contribution in [-0.4, -0.2) is 45.5 Å². The summed E-state index contributed by atoms with van der Waals surface area (Å²) in [5, 5.41) is 16.2. The number of likely N-dealkylation sites (N-methyl/N-ethyl adjacent to an activating group) is 1. The van der Waals surface area contributed by atoms with Crippen molar-refractivity contribution in [1.29, 1.82) is 0 Å². The maximum atomic E-state index is 12.2. The molecule has 2 rings (SSSR count). The molecule has 0 radical (unpaired) electrons. The monoisotopic (exact) mass is 302 g/mol. The highest BCUT2D eigenvalue weighted by Gasteiger charge is 2.17. The molecule has 2 amide bonds. The Hall–Kier alpha value is -2.34. The lowest BCUT2D eigenvalue weighted by atomic mass is 10.1. The highest BCUT2D eigenvalue weighted by Crippen LogP contribution is 2.21. The number of nitrogens with zero attached hydrogens (tertiary/aromatic N) is 3. The smallest absolute Gasteiger partial charge is 0.317 e. The molecule has 0 aliphatic heterocycles. The second-order valence-corrected chi connectivity index (χ2v) is 4.98. The van der Waals surface area contributed by atoms with Gasteiger partial charge in [0, 0.05) is 25.5 Å². The number of aliphatic hydroxyl groups excluding tert-OH is 1. The van der Waals surface area contributed by atoms with Crippen LogP contribution < -0.4 is 5.32 Å². The Morgan fingerprint density at radius 3 is 2.82 bits per heavy atom. The molecule has 0 fully saturated rings. The number of urea groups is 1. The maximum Gasteiger partial charge on any atom is 0.317 e. The lowest BCUT2D eigenvalue weighted by molar-refractivity contribution is 0.178. The zero-order chi connectivity index (χ0) is 15.9. The van der Waals surface area contributed by atoms with Crippen LogP contribution in [0.4, 0.5) is 4.79 Å². The number of carbonyl (C=O) groups is 1. The first-order chi connectivity index (χ1) is 10.7. The first-order valence-electron chi connectivity index (χ1n) is 7.42. The second kappa shape index (κ2) is 7.61. The van der Waals surface area contributed by atoms with Gasteiger partial charge in [-0.05, 0) is 31.5 Å². The minimum Gasteiger partial charge on any atom is -0.395 e. The Balaban J connectivity index is 2.16. The number of rotatable bonds is 6. The molecule has 6 heteroatoms. The summed E-state index contributed by atoms with van der Waals surface area (Å²) in [6, 6.07) is 9.34. The number of aliphatic hydroxyl groups is 1. The van der Waals surface area contributed by atoms with E-state index in [9.17, 15) is 4.79 Å². The van der Waals surface area contributed by atoms with Gasteiger partial charge in [-0.25, -0.2) is 9.48 Å². The molecule has 1 heterocycles. The molecule has 0 aliphatic carbocycles. The van der Waals surface area contributed by atoms with Crippen molar-refractivity contribution in [2.75, 3.05) is 19.7 Å². The van der Waals surface area contributed by atoms with Crippen molar-refractivity contribution in [3.63, 3.8) is 0 Å². The molecule has 6 nitrogen and oxygen atoms in total. The van der Waals surface area contributed by atoms with Gasteiger partial charge in [0.25, 0.3) is 0 Å². The van der Waals surface area contributed by atoms with Gasteiger partial charge in [-0.3, -0.25) is 0 Å². The van der Waals surface area contributed by atoms with E-state index in [0.717, 1.165) is 11.3 Å². The number of para-hydroxylation sites is 1. The molecule has 0 spiro atoms. The second-order valence-electron chi connectivity index (χ2n) is 4.98. The first kappa shape index (κ1) is 16.0. The molecule has 1 unspecified atom stereocenters. The van der Waals surface area contributed by atoms with Crippen LogP contribution in [0.15, 0.2) is 42.7 Å². The van der Waals surface area contributed by atoms with Crippen molar-refractivity contribution in [2.24, 2.45) is 0 Å². The van der Waals surface area contributed by atoms with Crippen LogP contribution in [0.5, 0.6) is 0 Å². The van der Waals surface area contributed by atoms with Crippen molar-refractivity contribution in [2.45, 2.75) is 19.9 Å². The van der Waals surface area contributed by atoms with Crippen LogP contribution in [0.1, 0.15) is 25.5 Å². The predicted octanol–water partition coefficient (Wildman–Crippen LogP) is 1.96. The Labute approximate surface area is 130 Å². The third-order valence-electron chi connectivity index (χ3n) is 3.53.